The van der Waals surface area contributed by atoms with Gasteiger partial charge >= 0.3 is 0 Å². The Labute approximate surface area is 114 Å². The van der Waals surface area contributed by atoms with Crippen LogP contribution in [0.3, 0.4) is 0 Å². The van der Waals surface area contributed by atoms with Gasteiger partial charge in [-0.1, -0.05) is 13.8 Å². The second-order valence-electron chi connectivity index (χ2n) is 6.56. The summed E-state index contributed by atoms with van der Waals surface area (Å²) in [5.41, 5.74) is -0.388. The molecule has 1 aliphatic carbocycles. The largest absolute Gasteiger partial charge is 0.342 e. The van der Waals surface area contributed by atoms with Crippen molar-refractivity contribution in [1.82, 2.24) is 15.5 Å². The Bertz CT molecular complexity index is 392. The number of carbonyl (C=O) groups is 1. The third kappa shape index (κ3) is 2.76. The van der Waals surface area contributed by atoms with Crippen molar-refractivity contribution in [2.75, 3.05) is 19.6 Å². The average Bonchev–Trinajstić information content (AvgIpc) is 3.09. The van der Waals surface area contributed by atoms with E-state index in [9.17, 15) is 4.79 Å². The maximum atomic E-state index is 12.2. The van der Waals surface area contributed by atoms with Crippen LogP contribution in [0.15, 0.2) is 4.99 Å². The predicted molar refractivity (Wildman–Crippen MR) is 75.0 cm³/mol. The summed E-state index contributed by atoms with van der Waals surface area (Å²) in [6.45, 7) is 7.60. The molecule has 5 nitrogen and oxygen atoms in total. The molecule has 1 amide bonds. The first-order chi connectivity index (χ1) is 9.07. The number of nitrogens with one attached hydrogen (secondary N) is 2. The van der Waals surface area contributed by atoms with Gasteiger partial charge in [0.05, 0.1) is 6.04 Å². The first-order valence-electron chi connectivity index (χ1n) is 7.47. The summed E-state index contributed by atoms with van der Waals surface area (Å²) in [6, 6.07) is 0.444. The summed E-state index contributed by atoms with van der Waals surface area (Å²) in [6.07, 6.45) is 4.09. The monoisotopic (exact) mass is 264 g/mol. The fourth-order valence-corrected chi connectivity index (χ4v) is 2.98. The molecule has 19 heavy (non-hydrogen) atoms. The van der Waals surface area contributed by atoms with E-state index in [0.29, 0.717) is 17.9 Å². The first kappa shape index (κ1) is 12.9. The van der Waals surface area contributed by atoms with Gasteiger partial charge in [-0.25, -0.2) is 4.99 Å². The molecular weight excluding hydrogens is 240 g/mol. The third-order valence-electron chi connectivity index (χ3n) is 4.22. The van der Waals surface area contributed by atoms with Crippen LogP contribution >= 0.6 is 0 Å². The van der Waals surface area contributed by atoms with Gasteiger partial charge in [0.1, 0.15) is 5.54 Å². The quantitative estimate of drug-likeness (QED) is 0.789. The molecule has 5 heteroatoms. The number of piperidine rings is 1. The van der Waals surface area contributed by atoms with E-state index in [1.807, 2.05) is 0 Å². The molecule has 1 spiro atoms. The van der Waals surface area contributed by atoms with Crippen LogP contribution in [-0.4, -0.2) is 48.0 Å². The van der Waals surface area contributed by atoms with Gasteiger partial charge in [-0.05, 0) is 31.6 Å². The minimum atomic E-state index is -0.388. The van der Waals surface area contributed by atoms with Crippen LogP contribution in [0.4, 0.5) is 0 Å². The Hall–Kier alpha value is -1.10. The molecule has 0 unspecified atom stereocenters. The zero-order valence-electron chi connectivity index (χ0n) is 11.9. The molecule has 2 heterocycles. The molecule has 0 aromatic rings. The molecule has 2 N–H and O–H groups in total. The van der Waals surface area contributed by atoms with E-state index in [1.54, 1.807) is 0 Å². The standard InChI is InChI=1S/C14H24N4O/c1-10(2)9-18-7-5-14(6-8-18)12(19)16-13(17-14)15-11-3-4-11/h10-11H,3-9H2,1-2H3,(H2,15,16,17,19). The number of hydrogen-bond donors (Lipinski definition) is 2. The molecule has 2 saturated heterocycles. The van der Waals surface area contributed by atoms with Gasteiger partial charge in [-0.15, -0.1) is 0 Å². The summed E-state index contributed by atoms with van der Waals surface area (Å²) in [7, 11) is 0. The second-order valence-corrected chi connectivity index (χ2v) is 6.56. The highest BCUT2D eigenvalue weighted by molar-refractivity contribution is 6.09. The molecule has 3 rings (SSSR count). The Morgan fingerprint density at radius 1 is 1.37 bits per heavy atom. The number of nitrogens with zero attached hydrogens (tertiary/aromatic N) is 2. The van der Waals surface area contributed by atoms with Crippen LogP contribution in [0.2, 0.25) is 0 Å². The van der Waals surface area contributed by atoms with E-state index >= 15 is 0 Å². The van der Waals surface area contributed by atoms with Crippen molar-refractivity contribution in [2.24, 2.45) is 10.9 Å². The number of aliphatic imine (C=N–C) groups is 1. The molecule has 0 radical (unpaired) electrons. The van der Waals surface area contributed by atoms with E-state index in [0.717, 1.165) is 45.3 Å². The summed E-state index contributed by atoms with van der Waals surface area (Å²) < 4.78 is 0. The minimum Gasteiger partial charge on any atom is -0.342 e. The fraction of sp³-hybridized carbons (Fsp3) is 0.857. The van der Waals surface area contributed by atoms with Crippen LogP contribution in [0.25, 0.3) is 0 Å². The average molecular weight is 264 g/mol. The third-order valence-corrected chi connectivity index (χ3v) is 4.22. The SMILES string of the molecule is CC(C)CN1CCC2(CC1)NC(=NC1CC1)NC2=O. The molecule has 0 aromatic carbocycles. The van der Waals surface area contributed by atoms with Gasteiger partial charge in [-0.3, -0.25) is 10.1 Å². The van der Waals surface area contributed by atoms with Gasteiger partial charge in [0.15, 0.2) is 5.96 Å². The second kappa shape index (κ2) is 4.78. The van der Waals surface area contributed by atoms with Gasteiger partial charge in [-0.2, -0.15) is 0 Å². The zero-order valence-corrected chi connectivity index (χ0v) is 11.9. The van der Waals surface area contributed by atoms with Crippen LogP contribution in [-0.2, 0) is 4.79 Å². The van der Waals surface area contributed by atoms with Crippen LogP contribution < -0.4 is 10.6 Å². The zero-order chi connectivity index (χ0) is 13.5. The maximum Gasteiger partial charge on any atom is 0.252 e. The number of hydrogen-bond acceptors (Lipinski definition) is 3. The molecule has 1 saturated carbocycles. The summed E-state index contributed by atoms with van der Waals surface area (Å²) in [4.78, 5) is 19.2. The Kier molecular flexibility index (Phi) is 3.25. The highest BCUT2D eigenvalue weighted by Crippen LogP contribution is 2.28. The molecule has 3 fully saturated rings. The molecule has 0 aromatic heterocycles. The van der Waals surface area contributed by atoms with Crippen molar-refractivity contribution in [3.63, 3.8) is 0 Å². The van der Waals surface area contributed by atoms with Crippen molar-refractivity contribution >= 4 is 11.9 Å². The molecular formula is C14H24N4O. The molecule has 0 atom stereocenters. The van der Waals surface area contributed by atoms with E-state index in [4.69, 9.17) is 0 Å². The number of guanidine groups is 1. The van der Waals surface area contributed by atoms with Crippen molar-refractivity contribution < 1.29 is 4.79 Å². The van der Waals surface area contributed by atoms with Crippen molar-refractivity contribution in [2.45, 2.75) is 51.1 Å². The summed E-state index contributed by atoms with van der Waals surface area (Å²) in [5.74, 6) is 1.52. The van der Waals surface area contributed by atoms with E-state index in [2.05, 4.69) is 34.4 Å². The molecule has 2 aliphatic heterocycles. The lowest BCUT2D eigenvalue weighted by Crippen LogP contribution is -2.55. The maximum absolute atomic E-state index is 12.2. The first-order valence-corrected chi connectivity index (χ1v) is 7.47. The molecule has 0 bridgehead atoms. The van der Waals surface area contributed by atoms with Gasteiger partial charge < -0.3 is 10.2 Å². The van der Waals surface area contributed by atoms with Crippen LogP contribution in [0.1, 0.15) is 39.5 Å². The van der Waals surface area contributed by atoms with E-state index < -0.39 is 0 Å². The highest BCUT2D eigenvalue weighted by Gasteiger charge is 2.47. The van der Waals surface area contributed by atoms with Crippen molar-refractivity contribution in [1.29, 1.82) is 0 Å². The topological polar surface area (TPSA) is 56.7 Å². The fourth-order valence-electron chi connectivity index (χ4n) is 2.98. The van der Waals surface area contributed by atoms with Crippen molar-refractivity contribution in [3.05, 3.63) is 0 Å². The smallest absolute Gasteiger partial charge is 0.252 e. The predicted octanol–water partition coefficient (Wildman–Crippen LogP) is 0.715. The number of likely N-dealkylation sites (tertiary alicyclic amines) is 1. The van der Waals surface area contributed by atoms with Gasteiger partial charge in [0.25, 0.3) is 5.91 Å². The van der Waals surface area contributed by atoms with Crippen LogP contribution in [0.5, 0.6) is 0 Å². The van der Waals surface area contributed by atoms with E-state index in [-0.39, 0.29) is 11.4 Å². The molecule has 106 valence electrons. The lowest BCUT2D eigenvalue weighted by Gasteiger charge is -2.37. The normalized spacial score (nSPS) is 29.0. The lowest BCUT2D eigenvalue weighted by atomic mass is 9.87. The summed E-state index contributed by atoms with van der Waals surface area (Å²) >= 11 is 0. The number of amides is 1. The minimum absolute atomic E-state index is 0.121. The number of rotatable bonds is 3. The summed E-state index contributed by atoms with van der Waals surface area (Å²) in [5, 5.41) is 6.29. The van der Waals surface area contributed by atoms with Gasteiger partial charge in [0, 0.05) is 19.6 Å². The van der Waals surface area contributed by atoms with Crippen LogP contribution in [0, 0.1) is 5.92 Å². The van der Waals surface area contributed by atoms with Gasteiger partial charge in [0.2, 0.25) is 0 Å². The Morgan fingerprint density at radius 2 is 2.05 bits per heavy atom. The Balaban J connectivity index is 1.61. The molecule has 3 aliphatic rings. The van der Waals surface area contributed by atoms with Crippen molar-refractivity contribution in [3.8, 4) is 0 Å². The van der Waals surface area contributed by atoms with E-state index in [1.165, 1.54) is 0 Å². The highest BCUT2D eigenvalue weighted by atomic mass is 16.2. The number of carbonyl (C=O) groups excluding carboxylic acids is 1. The lowest BCUT2D eigenvalue weighted by molar-refractivity contribution is -0.125. The Morgan fingerprint density at radius 3 is 2.63 bits per heavy atom.